The van der Waals surface area contributed by atoms with Crippen LogP contribution in [-0.2, 0) is 0 Å². The summed E-state index contributed by atoms with van der Waals surface area (Å²) in [6, 6.07) is 11.9. The van der Waals surface area contributed by atoms with E-state index in [1.165, 1.54) is 12.1 Å². The molecule has 1 aliphatic rings. The molecule has 2 atom stereocenters. The molecule has 2 nitrogen and oxygen atoms in total. The lowest BCUT2D eigenvalue weighted by atomic mass is 10.0. The van der Waals surface area contributed by atoms with E-state index in [4.69, 9.17) is 16.3 Å². The molecule has 0 aliphatic carbocycles. The second-order valence-corrected chi connectivity index (χ2v) is 6.02. The molecule has 1 aliphatic heterocycles. The third kappa shape index (κ3) is 2.64. The normalized spacial score (nSPS) is 19.1. The highest BCUT2D eigenvalue weighted by atomic mass is 35.5. The van der Waals surface area contributed by atoms with E-state index < -0.39 is 18.0 Å². The molecule has 1 N–H and O–H groups in total. The van der Waals surface area contributed by atoms with Crippen LogP contribution in [0.5, 0.6) is 5.75 Å². The predicted octanol–water partition coefficient (Wildman–Crippen LogP) is 4.07. The summed E-state index contributed by atoms with van der Waals surface area (Å²) >= 11 is 7.31. The van der Waals surface area contributed by atoms with Gasteiger partial charge in [0.15, 0.2) is 0 Å². The molecule has 0 amide bonds. The first-order chi connectivity index (χ1) is 9.65. The highest BCUT2D eigenvalue weighted by Gasteiger charge is 2.29. The number of hydrogen-bond donors (Lipinski definition) is 1. The Hall–Kier alpha value is -1.23. The maximum atomic E-state index is 13.8. The van der Waals surface area contributed by atoms with Crippen LogP contribution in [0.2, 0.25) is 5.02 Å². The van der Waals surface area contributed by atoms with Gasteiger partial charge in [-0.2, -0.15) is 0 Å². The first kappa shape index (κ1) is 13.7. The van der Waals surface area contributed by atoms with E-state index >= 15 is 0 Å². The van der Waals surface area contributed by atoms with Crippen LogP contribution in [0.15, 0.2) is 47.4 Å². The number of para-hydroxylation sites is 1. The number of halogens is 2. The predicted molar refractivity (Wildman–Crippen MR) is 78.0 cm³/mol. The standard InChI is InChI=1S/C15H12ClFO2S/c16-9-5-6-10(11(17)7-9)15(18)13-8-20-14-4-2-1-3-12(14)19-13/h1-7,13,15,18H,8H2. The topological polar surface area (TPSA) is 29.5 Å². The second-order valence-electron chi connectivity index (χ2n) is 4.52. The maximum Gasteiger partial charge on any atom is 0.138 e. The maximum absolute atomic E-state index is 13.8. The molecule has 0 radical (unpaired) electrons. The fraction of sp³-hybridized carbons (Fsp3) is 0.200. The molecule has 0 aromatic heterocycles. The van der Waals surface area contributed by atoms with Crippen LogP contribution in [0.1, 0.15) is 11.7 Å². The lowest BCUT2D eigenvalue weighted by Gasteiger charge is -2.29. The van der Waals surface area contributed by atoms with E-state index in [0.717, 1.165) is 10.6 Å². The van der Waals surface area contributed by atoms with E-state index in [2.05, 4.69) is 0 Å². The second kappa shape index (κ2) is 5.64. The smallest absolute Gasteiger partial charge is 0.138 e. The van der Waals surface area contributed by atoms with Crippen molar-refractivity contribution in [3.63, 3.8) is 0 Å². The number of rotatable bonds is 2. The molecule has 0 bridgehead atoms. The highest BCUT2D eigenvalue weighted by molar-refractivity contribution is 7.99. The zero-order valence-corrected chi connectivity index (χ0v) is 12.0. The fourth-order valence-corrected chi connectivity index (χ4v) is 3.32. The van der Waals surface area contributed by atoms with Crippen molar-refractivity contribution in [2.45, 2.75) is 17.1 Å². The first-order valence-corrected chi connectivity index (χ1v) is 7.53. The van der Waals surface area contributed by atoms with Crippen molar-refractivity contribution in [2.75, 3.05) is 5.75 Å². The van der Waals surface area contributed by atoms with Gasteiger partial charge in [-0.3, -0.25) is 0 Å². The van der Waals surface area contributed by atoms with E-state index in [0.29, 0.717) is 10.8 Å². The van der Waals surface area contributed by atoms with Gasteiger partial charge in [-0.15, -0.1) is 11.8 Å². The monoisotopic (exact) mass is 310 g/mol. The first-order valence-electron chi connectivity index (χ1n) is 6.16. The largest absolute Gasteiger partial charge is 0.485 e. The molecule has 5 heteroatoms. The lowest BCUT2D eigenvalue weighted by Crippen LogP contribution is -2.30. The van der Waals surface area contributed by atoms with Crippen LogP contribution < -0.4 is 4.74 Å². The molecule has 104 valence electrons. The molecule has 0 spiro atoms. The van der Waals surface area contributed by atoms with Crippen LogP contribution in [0.3, 0.4) is 0 Å². The summed E-state index contributed by atoms with van der Waals surface area (Å²) in [6.07, 6.45) is -1.50. The molecule has 2 unspecified atom stereocenters. The Kier molecular flexibility index (Phi) is 3.87. The van der Waals surface area contributed by atoms with Crippen LogP contribution >= 0.6 is 23.4 Å². The number of fused-ring (bicyclic) bond motifs is 1. The van der Waals surface area contributed by atoms with Crippen LogP contribution in [0, 0.1) is 5.82 Å². The van der Waals surface area contributed by atoms with Crippen molar-refractivity contribution < 1.29 is 14.2 Å². The molecule has 2 aromatic rings. The van der Waals surface area contributed by atoms with Crippen LogP contribution in [0.25, 0.3) is 0 Å². The van der Waals surface area contributed by atoms with Gasteiger partial charge in [0.25, 0.3) is 0 Å². The summed E-state index contributed by atoms with van der Waals surface area (Å²) < 4.78 is 19.6. The van der Waals surface area contributed by atoms with Gasteiger partial charge < -0.3 is 9.84 Å². The number of aliphatic hydroxyl groups is 1. The van der Waals surface area contributed by atoms with Crippen molar-refractivity contribution >= 4 is 23.4 Å². The summed E-state index contributed by atoms with van der Waals surface area (Å²) in [4.78, 5) is 1.03. The molecular weight excluding hydrogens is 299 g/mol. The number of thioether (sulfide) groups is 1. The number of aliphatic hydroxyl groups excluding tert-OH is 1. The Labute approximate surface area is 125 Å². The molecule has 3 rings (SSSR count). The Bertz CT molecular complexity index is 635. The summed E-state index contributed by atoms with van der Waals surface area (Å²) in [6.45, 7) is 0. The highest BCUT2D eigenvalue weighted by Crippen LogP contribution is 2.38. The molecule has 0 saturated heterocycles. The van der Waals surface area contributed by atoms with E-state index in [-0.39, 0.29) is 5.56 Å². The van der Waals surface area contributed by atoms with Gasteiger partial charge in [-0.25, -0.2) is 4.39 Å². The van der Waals surface area contributed by atoms with Crippen molar-refractivity contribution in [3.8, 4) is 5.75 Å². The quantitative estimate of drug-likeness (QED) is 0.907. The molecule has 2 aromatic carbocycles. The number of ether oxygens (including phenoxy) is 1. The van der Waals surface area contributed by atoms with Crippen molar-refractivity contribution in [1.29, 1.82) is 0 Å². The third-order valence-electron chi connectivity index (χ3n) is 3.16. The molecule has 0 saturated carbocycles. The minimum Gasteiger partial charge on any atom is -0.485 e. The van der Waals surface area contributed by atoms with Crippen LogP contribution in [0.4, 0.5) is 4.39 Å². The summed E-state index contributed by atoms with van der Waals surface area (Å²) in [7, 11) is 0. The molecule has 0 fully saturated rings. The fourth-order valence-electron chi connectivity index (χ4n) is 2.13. The molecule has 20 heavy (non-hydrogen) atoms. The van der Waals surface area contributed by atoms with Gasteiger partial charge in [-0.1, -0.05) is 29.8 Å². The Morgan fingerprint density at radius 1 is 1.30 bits per heavy atom. The average Bonchev–Trinajstić information content (AvgIpc) is 2.46. The summed E-state index contributed by atoms with van der Waals surface area (Å²) in [5.41, 5.74) is 0.208. The Balaban J connectivity index is 1.84. The summed E-state index contributed by atoms with van der Waals surface area (Å²) in [5.74, 6) is 0.778. The minimum atomic E-state index is -1.02. The zero-order valence-electron chi connectivity index (χ0n) is 10.4. The van der Waals surface area contributed by atoms with Gasteiger partial charge in [-0.05, 0) is 24.3 Å². The zero-order chi connectivity index (χ0) is 14.1. The van der Waals surface area contributed by atoms with Gasteiger partial charge >= 0.3 is 0 Å². The van der Waals surface area contributed by atoms with E-state index in [1.54, 1.807) is 17.8 Å². The van der Waals surface area contributed by atoms with Gasteiger partial charge in [0, 0.05) is 21.2 Å². The average molecular weight is 311 g/mol. The molecule has 1 heterocycles. The number of hydrogen-bond acceptors (Lipinski definition) is 3. The minimum absolute atomic E-state index is 0.208. The van der Waals surface area contributed by atoms with Crippen molar-refractivity contribution in [3.05, 3.63) is 58.9 Å². The SMILES string of the molecule is OC(c1ccc(Cl)cc1F)C1CSc2ccccc2O1. The van der Waals surface area contributed by atoms with Crippen LogP contribution in [-0.4, -0.2) is 17.0 Å². The Morgan fingerprint density at radius 3 is 2.90 bits per heavy atom. The van der Waals surface area contributed by atoms with Gasteiger partial charge in [0.2, 0.25) is 0 Å². The Morgan fingerprint density at radius 2 is 2.10 bits per heavy atom. The lowest BCUT2D eigenvalue weighted by molar-refractivity contribution is 0.0433. The van der Waals surface area contributed by atoms with E-state index in [1.807, 2.05) is 24.3 Å². The van der Waals surface area contributed by atoms with Crippen molar-refractivity contribution in [2.24, 2.45) is 0 Å². The van der Waals surface area contributed by atoms with E-state index in [9.17, 15) is 9.50 Å². The third-order valence-corrected chi connectivity index (χ3v) is 4.54. The number of benzene rings is 2. The summed E-state index contributed by atoms with van der Waals surface area (Å²) in [5, 5.41) is 10.6. The van der Waals surface area contributed by atoms with Gasteiger partial charge in [0.1, 0.15) is 23.8 Å². The molecular formula is C15H12ClFO2S. The van der Waals surface area contributed by atoms with Gasteiger partial charge in [0.05, 0.1) is 0 Å². The van der Waals surface area contributed by atoms with Crippen molar-refractivity contribution in [1.82, 2.24) is 0 Å².